The molecule has 20 heavy (non-hydrogen) atoms. The molecule has 1 N–H and O–H groups in total. The van der Waals surface area contributed by atoms with Crippen LogP contribution in [0.15, 0.2) is 18.9 Å². The van der Waals surface area contributed by atoms with Gasteiger partial charge in [-0.1, -0.05) is 13.0 Å². The maximum atomic E-state index is 4.81. The molecule has 1 saturated heterocycles. The van der Waals surface area contributed by atoms with Gasteiger partial charge >= 0.3 is 0 Å². The zero-order valence-corrected chi connectivity index (χ0v) is 12.9. The van der Waals surface area contributed by atoms with E-state index < -0.39 is 0 Å². The number of hydrogen-bond donors (Lipinski definition) is 1. The van der Waals surface area contributed by atoms with E-state index in [2.05, 4.69) is 41.4 Å². The Hall–Kier alpha value is -1.29. The molecule has 0 radical (unpaired) electrons. The largest absolute Gasteiger partial charge is 0.342 e. The van der Waals surface area contributed by atoms with E-state index in [9.17, 15) is 0 Å². The van der Waals surface area contributed by atoms with E-state index in [4.69, 9.17) is 4.98 Å². The third-order valence-corrected chi connectivity index (χ3v) is 4.10. The first-order valence-corrected chi connectivity index (χ1v) is 7.91. The summed E-state index contributed by atoms with van der Waals surface area (Å²) in [6.45, 7) is 13.5. The number of imidazole rings is 1. The van der Waals surface area contributed by atoms with E-state index in [1.807, 2.05) is 6.08 Å². The topological polar surface area (TPSA) is 33.1 Å². The highest BCUT2D eigenvalue weighted by Gasteiger charge is 2.19. The van der Waals surface area contributed by atoms with Crippen LogP contribution in [-0.4, -0.2) is 35.7 Å². The first-order valence-electron chi connectivity index (χ1n) is 7.91. The highest BCUT2D eigenvalue weighted by Crippen LogP contribution is 2.20. The molecule has 2 rings (SSSR count). The minimum absolute atomic E-state index is 0.787. The molecule has 1 fully saturated rings. The summed E-state index contributed by atoms with van der Waals surface area (Å²) in [5, 5.41) is 3.44. The number of piperidine rings is 1. The van der Waals surface area contributed by atoms with Crippen molar-refractivity contribution in [1.82, 2.24) is 14.9 Å². The van der Waals surface area contributed by atoms with Gasteiger partial charge in [0.25, 0.3) is 0 Å². The van der Waals surface area contributed by atoms with Gasteiger partial charge in [0, 0.05) is 25.8 Å². The van der Waals surface area contributed by atoms with Gasteiger partial charge in [0.15, 0.2) is 0 Å². The summed E-state index contributed by atoms with van der Waals surface area (Å²) in [5.74, 6) is 1.90. The second-order valence-electron chi connectivity index (χ2n) is 5.56. The van der Waals surface area contributed by atoms with Crippen LogP contribution in [-0.2, 0) is 13.0 Å². The summed E-state index contributed by atoms with van der Waals surface area (Å²) in [5.41, 5.74) is 1.17. The lowest BCUT2D eigenvalue weighted by Crippen LogP contribution is -2.37. The highest BCUT2D eigenvalue weighted by molar-refractivity contribution is 5.34. The minimum Gasteiger partial charge on any atom is -0.342 e. The number of nitrogens with zero attached hydrogens (tertiary/aromatic N) is 3. The molecule has 2 heterocycles. The molecule has 1 aromatic rings. The molecule has 0 aliphatic carbocycles. The molecular weight excluding hydrogens is 248 g/mol. The maximum Gasteiger partial charge on any atom is 0.206 e. The Labute approximate surface area is 122 Å². The van der Waals surface area contributed by atoms with Crippen LogP contribution in [0.25, 0.3) is 0 Å². The number of anilines is 1. The van der Waals surface area contributed by atoms with Crippen LogP contribution >= 0.6 is 0 Å². The van der Waals surface area contributed by atoms with Crippen molar-refractivity contribution in [2.75, 3.05) is 31.1 Å². The van der Waals surface area contributed by atoms with Crippen molar-refractivity contribution >= 4 is 5.95 Å². The normalized spacial score (nSPS) is 16.3. The Kier molecular flexibility index (Phi) is 5.65. The van der Waals surface area contributed by atoms with Gasteiger partial charge in [0.05, 0.1) is 5.69 Å². The Balaban J connectivity index is 2.12. The molecule has 0 aromatic carbocycles. The average molecular weight is 276 g/mol. The SMILES string of the molecule is C=CCn1cc(CC)nc1N(CC)CC1CCNCC1. The van der Waals surface area contributed by atoms with Crippen molar-refractivity contribution in [2.45, 2.75) is 39.7 Å². The van der Waals surface area contributed by atoms with Crippen molar-refractivity contribution in [1.29, 1.82) is 0 Å². The fraction of sp³-hybridized carbons (Fsp3) is 0.688. The lowest BCUT2D eigenvalue weighted by atomic mass is 9.98. The third-order valence-electron chi connectivity index (χ3n) is 4.10. The van der Waals surface area contributed by atoms with E-state index in [0.717, 1.165) is 51.0 Å². The monoisotopic (exact) mass is 276 g/mol. The van der Waals surface area contributed by atoms with Crippen LogP contribution in [0.1, 0.15) is 32.4 Å². The van der Waals surface area contributed by atoms with Crippen LogP contribution in [0.5, 0.6) is 0 Å². The lowest BCUT2D eigenvalue weighted by molar-refractivity contribution is 0.372. The summed E-state index contributed by atoms with van der Waals surface area (Å²) in [6.07, 6.45) is 7.66. The Morgan fingerprint density at radius 3 is 2.80 bits per heavy atom. The van der Waals surface area contributed by atoms with Gasteiger partial charge in [-0.05, 0) is 45.2 Å². The van der Waals surface area contributed by atoms with Gasteiger partial charge in [-0.15, -0.1) is 6.58 Å². The molecule has 0 unspecified atom stereocenters. The molecule has 112 valence electrons. The van der Waals surface area contributed by atoms with Crippen LogP contribution in [0.2, 0.25) is 0 Å². The van der Waals surface area contributed by atoms with E-state index >= 15 is 0 Å². The molecule has 0 amide bonds. The molecule has 0 atom stereocenters. The van der Waals surface area contributed by atoms with Gasteiger partial charge in [-0.3, -0.25) is 0 Å². The summed E-state index contributed by atoms with van der Waals surface area (Å²) >= 11 is 0. The van der Waals surface area contributed by atoms with Crippen LogP contribution < -0.4 is 10.2 Å². The quantitative estimate of drug-likeness (QED) is 0.777. The first-order chi connectivity index (χ1) is 9.78. The van der Waals surface area contributed by atoms with Crippen molar-refractivity contribution in [3.05, 3.63) is 24.5 Å². The molecule has 4 heteroatoms. The van der Waals surface area contributed by atoms with Crippen molar-refractivity contribution < 1.29 is 0 Å². The smallest absolute Gasteiger partial charge is 0.206 e. The standard InChI is InChI=1S/C16H28N4/c1-4-11-20-13-15(5-2)18-16(20)19(6-3)12-14-7-9-17-10-8-14/h4,13-14,17H,1,5-12H2,2-3H3. The predicted octanol–water partition coefficient (Wildman–Crippen LogP) is 2.46. The number of rotatable bonds is 7. The molecule has 1 aromatic heterocycles. The number of allylic oxidation sites excluding steroid dienone is 1. The minimum atomic E-state index is 0.787. The third kappa shape index (κ3) is 3.63. The van der Waals surface area contributed by atoms with Gasteiger partial charge in [-0.25, -0.2) is 4.98 Å². The zero-order chi connectivity index (χ0) is 14.4. The first kappa shape index (κ1) is 15.1. The number of nitrogens with one attached hydrogen (secondary N) is 1. The van der Waals surface area contributed by atoms with Gasteiger partial charge in [0.2, 0.25) is 5.95 Å². The van der Waals surface area contributed by atoms with E-state index in [-0.39, 0.29) is 0 Å². The van der Waals surface area contributed by atoms with E-state index in [0.29, 0.717) is 0 Å². The predicted molar refractivity (Wildman–Crippen MR) is 85.3 cm³/mol. The zero-order valence-electron chi connectivity index (χ0n) is 12.9. The van der Waals surface area contributed by atoms with Crippen LogP contribution in [0.3, 0.4) is 0 Å². The molecule has 1 aliphatic heterocycles. The molecule has 4 nitrogen and oxygen atoms in total. The van der Waals surface area contributed by atoms with Gasteiger partial charge in [0.1, 0.15) is 0 Å². The molecule has 1 aliphatic rings. The van der Waals surface area contributed by atoms with E-state index in [1.54, 1.807) is 0 Å². The van der Waals surface area contributed by atoms with Gasteiger partial charge in [-0.2, -0.15) is 0 Å². The van der Waals surface area contributed by atoms with E-state index in [1.165, 1.54) is 18.5 Å². The molecule has 0 spiro atoms. The summed E-state index contributed by atoms with van der Waals surface area (Å²) in [4.78, 5) is 7.24. The average Bonchev–Trinajstić information content (AvgIpc) is 2.89. The van der Waals surface area contributed by atoms with Crippen LogP contribution in [0.4, 0.5) is 5.95 Å². The molecule has 0 saturated carbocycles. The maximum absolute atomic E-state index is 4.81. The molecular formula is C16H28N4. The fourth-order valence-corrected chi connectivity index (χ4v) is 2.88. The Morgan fingerprint density at radius 2 is 2.20 bits per heavy atom. The van der Waals surface area contributed by atoms with Crippen molar-refractivity contribution in [3.8, 4) is 0 Å². The number of aryl methyl sites for hydroxylation is 1. The summed E-state index contributed by atoms with van der Waals surface area (Å²) < 4.78 is 2.23. The fourth-order valence-electron chi connectivity index (χ4n) is 2.88. The second kappa shape index (κ2) is 7.48. The summed E-state index contributed by atoms with van der Waals surface area (Å²) in [6, 6.07) is 0. The van der Waals surface area contributed by atoms with Crippen molar-refractivity contribution in [3.63, 3.8) is 0 Å². The lowest BCUT2D eigenvalue weighted by Gasteiger charge is -2.30. The summed E-state index contributed by atoms with van der Waals surface area (Å²) in [7, 11) is 0. The highest BCUT2D eigenvalue weighted by atomic mass is 15.3. The Bertz CT molecular complexity index is 418. The van der Waals surface area contributed by atoms with Gasteiger partial charge < -0.3 is 14.8 Å². The van der Waals surface area contributed by atoms with Crippen molar-refractivity contribution in [2.24, 2.45) is 5.92 Å². The molecule has 0 bridgehead atoms. The Morgan fingerprint density at radius 1 is 1.45 bits per heavy atom. The number of aromatic nitrogens is 2. The second-order valence-corrected chi connectivity index (χ2v) is 5.56. The number of hydrogen-bond acceptors (Lipinski definition) is 3. The van der Waals surface area contributed by atoms with Crippen LogP contribution in [0, 0.1) is 5.92 Å².